The number of benzene rings is 2. The highest BCUT2D eigenvalue weighted by Crippen LogP contribution is 2.26. The van der Waals surface area contributed by atoms with Crippen molar-refractivity contribution in [2.24, 2.45) is 0 Å². The number of methoxy groups -OCH3 is 1. The number of ether oxygens (including phenoxy) is 1. The average Bonchev–Trinajstić information content (AvgIpc) is 2.48. The van der Waals surface area contributed by atoms with Crippen molar-refractivity contribution in [3.8, 4) is 0 Å². The summed E-state index contributed by atoms with van der Waals surface area (Å²) >= 11 is 1.67. The zero-order valence-electron chi connectivity index (χ0n) is 11.3. The number of thioether (sulfide) groups is 1. The van der Waals surface area contributed by atoms with Crippen molar-refractivity contribution in [1.29, 1.82) is 0 Å². The molecule has 0 aliphatic rings. The van der Waals surface area contributed by atoms with E-state index in [-0.39, 0.29) is 0 Å². The van der Waals surface area contributed by atoms with E-state index in [1.165, 1.54) is 12.0 Å². The van der Waals surface area contributed by atoms with Crippen molar-refractivity contribution in [3.63, 3.8) is 0 Å². The van der Waals surface area contributed by atoms with Gasteiger partial charge in [-0.3, -0.25) is 0 Å². The van der Waals surface area contributed by atoms with Gasteiger partial charge in [-0.1, -0.05) is 6.07 Å². The fourth-order valence-electron chi connectivity index (χ4n) is 1.78. The molecule has 3 N–H and O–H groups in total. The van der Waals surface area contributed by atoms with Gasteiger partial charge in [0.1, 0.15) is 0 Å². The van der Waals surface area contributed by atoms with Crippen LogP contribution < -0.4 is 11.1 Å². The van der Waals surface area contributed by atoms with Crippen molar-refractivity contribution < 1.29 is 9.53 Å². The summed E-state index contributed by atoms with van der Waals surface area (Å²) in [5.74, 6) is -0.396. The number of rotatable bonds is 4. The smallest absolute Gasteiger partial charge is 0.337 e. The number of nitrogen functional groups attached to an aromatic ring is 1. The summed E-state index contributed by atoms with van der Waals surface area (Å²) in [7, 11) is 1.35. The molecule has 2 aromatic carbocycles. The van der Waals surface area contributed by atoms with Gasteiger partial charge in [-0.25, -0.2) is 4.79 Å². The normalized spacial score (nSPS) is 10.1. The van der Waals surface area contributed by atoms with Gasteiger partial charge in [0.2, 0.25) is 0 Å². The summed E-state index contributed by atoms with van der Waals surface area (Å²) in [6.07, 6.45) is 2.03. The summed E-state index contributed by atoms with van der Waals surface area (Å²) in [6.45, 7) is 0. The second kappa shape index (κ2) is 6.34. The van der Waals surface area contributed by atoms with Crippen LogP contribution in [0.3, 0.4) is 0 Å². The van der Waals surface area contributed by atoms with Crippen molar-refractivity contribution in [1.82, 2.24) is 0 Å². The molecule has 0 radical (unpaired) electrons. The number of anilines is 3. The molecule has 0 atom stereocenters. The lowest BCUT2D eigenvalue weighted by Crippen LogP contribution is -2.03. The average molecular weight is 288 g/mol. The highest BCUT2D eigenvalue weighted by Gasteiger charge is 2.08. The number of carbonyl (C=O) groups excluding carboxylic acids is 1. The van der Waals surface area contributed by atoms with E-state index in [1.54, 1.807) is 30.0 Å². The zero-order valence-corrected chi connectivity index (χ0v) is 12.2. The van der Waals surface area contributed by atoms with E-state index in [0.29, 0.717) is 11.3 Å². The third-order valence-corrected chi connectivity index (χ3v) is 3.55. The number of hydrogen-bond donors (Lipinski definition) is 2. The number of carbonyl (C=O) groups is 1. The van der Waals surface area contributed by atoms with E-state index in [2.05, 4.69) is 10.1 Å². The maximum absolute atomic E-state index is 11.4. The summed E-state index contributed by atoms with van der Waals surface area (Å²) in [6, 6.07) is 13.1. The monoisotopic (exact) mass is 288 g/mol. The summed E-state index contributed by atoms with van der Waals surface area (Å²) < 4.78 is 4.66. The standard InChI is InChI=1S/C15H16N2O2S/c1-19-15(18)10-6-7-14(13(16)8-10)17-11-4-3-5-12(9-11)20-2/h3-9,17H,16H2,1-2H3. The van der Waals surface area contributed by atoms with Crippen LogP contribution in [0.25, 0.3) is 0 Å². The van der Waals surface area contributed by atoms with Gasteiger partial charge in [0.15, 0.2) is 0 Å². The van der Waals surface area contributed by atoms with Crippen molar-refractivity contribution in [3.05, 3.63) is 48.0 Å². The highest BCUT2D eigenvalue weighted by molar-refractivity contribution is 7.98. The first kappa shape index (κ1) is 14.3. The molecule has 2 aromatic rings. The van der Waals surface area contributed by atoms with Crippen molar-refractivity contribution >= 4 is 34.8 Å². The Morgan fingerprint density at radius 1 is 1.25 bits per heavy atom. The Balaban J connectivity index is 2.23. The predicted octanol–water partition coefficient (Wildman–Crippen LogP) is 3.52. The lowest BCUT2D eigenvalue weighted by molar-refractivity contribution is 0.0601. The Morgan fingerprint density at radius 2 is 2.05 bits per heavy atom. The van der Waals surface area contributed by atoms with Crippen LogP contribution in [0.5, 0.6) is 0 Å². The van der Waals surface area contributed by atoms with Gasteiger partial charge in [-0.05, 0) is 42.7 Å². The van der Waals surface area contributed by atoms with Crippen LogP contribution in [0.2, 0.25) is 0 Å². The summed E-state index contributed by atoms with van der Waals surface area (Å²) in [4.78, 5) is 12.6. The highest BCUT2D eigenvalue weighted by atomic mass is 32.2. The molecule has 0 aromatic heterocycles. The van der Waals surface area contributed by atoms with E-state index in [0.717, 1.165) is 11.4 Å². The Bertz CT molecular complexity index is 629. The van der Waals surface area contributed by atoms with Gasteiger partial charge in [0.05, 0.1) is 24.0 Å². The minimum Gasteiger partial charge on any atom is -0.465 e. The van der Waals surface area contributed by atoms with Gasteiger partial charge >= 0.3 is 5.97 Å². The number of nitrogens with two attached hydrogens (primary N) is 1. The summed E-state index contributed by atoms with van der Waals surface area (Å²) in [5, 5.41) is 3.24. The molecule has 0 bridgehead atoms. The molecule has 0 saturated heterocycles. The molecule has 0 unspecified atom stereocenters. The van der Waals surface area contributed by atoms with Crippen LogP contribution >= 0.6 is 11.8 Å². The first-order valence-corrected chi connectivity index (χ1v) is 7.25. The first-order chi connectivity index (χ1) is 9.63. The molecule has 20 heavy (non-hydrogen) atoms. The molecule has 0 saturated carbocycles. The number of hydrogen-bond acceptors (Lipinski definition) is 5. The van der Waals surface area contributed by atoms with E-state index in [4.69, 9.17) is 5.73 Å². The van der Waals surface area contributed by atoms with E-state index >= 15 is 0 Å². The lowest BCUT2D eigenvalue weighted by Gasteiger charge is -2.11. The molecule has 0 spiro atoms. The molecule has 0 amide bonds. The minimum absolute atomic E-state index is 0.396. The Hall–Kier alpha value is -2.14. The molecule has 4 nitrogen and oxygen atoms in total. The first-order valence-electron chi connectivity index (χ1n) is 6.03. The van der Waals surface area contributed by atoms with Crippen LogP contribution in [-0.2, 0) is 4.74 Å². The van der Waals surface area contributed by atoms with Gasteiger partial charge in [-0.15, -0.1) is 11.8 Å². The predicted molar refractivity (Wildman–Crippen MR) is 83.7 cm³/mol. The van der Waals surface area contributed by atoms with Crippen LogP contribution in [0.4, 0.5) is 17.1 Å². The molecule has 0 fully saturated rings. The van der Waals surface area contributed by atoms with Crippen LogP contribution in [-0.4, -0.2) is 19.3 Å². The summed E-state index contributed by atoms with van der Waals surface area (Å²) in [5.41, 5.74) is 8.61. The van der Waals surface area contributed by atoms with Gasteiger partial charge < -0.3 is 15.8 Å². The van der Waals surface area contributed by atoms with Gasteiger partial charge in [0.25, 0.3) is 0 Å². The second-order valence-corrected chi connectivity index (χ2v) is 5.03. The van der Waals surface area contributed by atoms with Gasteiger partial charge in [0, 0.05) is 10.6 Å². The fraction of sp³-hybridized carbons (Fsp3) is 0.133. The largest absolute Gasteiger partial charge is 0.465 e. The third-order valence-electron chi connectivity index (χ3n) is 2.82. The van der Waals surface area contributed by atoms with Gasteiger partial charge in [-0.2, -0.15) is 0 Å². The molecule has 2 rings (SSSR count). The topological polar surface area (TPSA) is 64.3 Å². The number of nitrogens with one attached hydrogen (secondary N) is 1. The van der Waals surface area contributed by atoms with Crippen LogP contribution in [0.15, 0.2) is 47.4 Å². The van der Waals surface area contributed by atoms with Crippen LogP contribution in [0, 0.1) is 0 Å². The Labute approximate surface area is 122 Å². The molecular formula is C15H16N2O2S. The maximum atomic E-state index is 11.4. The molecule has 0 heterocycles. The lowest BCUT2D eigenvalue weighted by atomic mass is 10.1. The number of esters is 1. The van der Waals surface area contributed by atoms with E-state index in [1.807, 2.05) is 30.5 Å². The van der Waals surface area contributed by atoms with E-state index in [9.17, 15) is 4.79 Å². The Morgan fingerprint density at radius 3 is 2.70 bits per heavy atom. The minimum atomic E-state index is -0.396. The van der Waals surface area contributed by atoms with Crippen LogP contribution in [0.1, 0.15) is 10.4 Å². The van der Waals surface area contributed by atoms with Crippen molar-refractivity contribution in [2.45, 2.75) is 4.90 Å². The maximum Gasteiger partial charge on any atom is 0.337 e. The van der Waals surface area contributed by atoms with E-state index < -0.39 is 5.97 Å². The molecule has 0 aliphatic carbocycles. The molecule has 5 heteroatoms. The fourth-order valence-corrected chi connectivity index (χ4v) is 2.24. The molecule has 0 aliphatic heterocycles. The van der Waals surface area contributed by atoms with Crippen molar-refractivity contribution in [2.75, 3.05) is 24.4 Å². The quantitative estimate of drug-likeness (QED) is 0.512. The third kappa shape index (κ3) is 3.24. The Kier molecular flexibility index (Phi) is 4.53. The zero-order chi connectivity index (χ0) is 14.5. The molecule has 104 valence electrons. The second-order valence-electron chi connectivity index (χ2n) is 4.15. The SMILES string of the molecule is COC(=O)c1ccc(Nc2cccc(SC)c2)c(N)c1. The molecular weight excluding hydrogens is 272 g/mol.